The third-order valence-electron chi connectivity index (χ3n) is 3.80. The highest BCUT2D eigenvalue weighted by Crippen LogP contribution is 2.20. The Morgan fingerprint density at radius 3 is 2.76 bits per heavy atom. The standard InChI is InChI=1S/C17H25N3O/c1-3-7-17(21-4-2)16(20-18)12-13-10-11-19-15-9-6-5-8-14(13)15/h5-6,8-11,16-17,20H,3-4,7,12,18H2,1-2H3. The Bertz CT molecular complexity index is 547. The van der Waals surface area contributed by atoms with Crippen LogP contribution in [0.1, 0.15) is 32.3 Å². The normalized spacial score (nSPS) is 14.2. The fourth-order valence-electron chi connectivity index (χ4n) is 2.77. The molecule has 1 aromatic carbocycles. The number of nitrogens with two attached hydrogens (primary N) is 1. The Balaban J connectivity index is 2.23. The number of hydrogen-bond acceptors (Lipinski definition) is 4. The van der Waals surface area contributed by atoms with Crippen LogP contribution in [0.15, 0.2) is 36.5 Å². The van der Waals surface area contributed by atoms with E-state index in [1.54, 1.807) is 0 Å². The summed E-state index contributed by atoms with van der Waals surface area (Å²) in [4.78, 5) is 4.41. The molecule has 0 aliphatic carbocycles. The van der Waals surface area contributed by atoms with E-state index in [1.807, 2.05) is 31.3 Å². The highest BCUT2D eigenvalue weighted by molar-refractivity contribution is 5.81. The number of nitrogens with zero attached hydrogens (tertiary/aromatic N) is 1. The molecule has 3 N–H and O–H groups in total. The lowest BCUT2D eigenvalue weighted by Gasteiger charge is -2.26. The van der Waals surface area contributed by atoms with Gasteiger partial charge < -0.3 is 4.74 Å². The van der Waals surface area contributed by atoms with Gasteiger partial charge in [-0.25, -0.2) is 0 Å². The van der Waals surface area contributed by atoms with Crippen LogP contribution in [0.25, 0.3) is 10.9 Å². The second-order valence-corrected chi connectivity index (χ2v) is 5.25. The van der Waals surface area contributed by atoms with Crippen LogP contribution in [-0.4, -0.2) is 23.7 Å². The highest BCUT2D eigenvalue weighted by atomic mass is 16.5. The molecule has 4 nitrogen and oxygen atoms in total. The number of aromatic nitrogens is 1. The molecular formula is C17H25N3O. The van der Waals surface area contributed by atoms with Crippen molar-refractivity contribution >= 4 is 10.9 Å². The molecule has 0 saturated carbocycles. The number of hydrogen-bond donors (Lipinski definition) is 2. The van der Waals surface area contributed by atoms with E-state index in [2.05, 4.69) is 29.5 Å². The van der Waals surface area contributed by atoms with Gasteiger partial charge in [-0.3, -0.25) is 16.3 Å². The summed E-state index contributed by atoms with van der Waals surface area (Å²) in [6, 6.07) is 10.4. The number of para-hydroxylation sites is 1. The van der Waals surface area contributed by atoms with Gasteiger partial charge in [0.2, 0.25) is 0 Å². The fourth-order valence-corrected chi connectivity index (χ4v) is 2.77. The summed E-state index contributed by atoms with van der Waals surface area (Å²) in [5, 5.41) is 1.19. The SMILES string of the molecule is CCCC(OCC)C(Cc1ccnc2ccccc12)NN. The molecule has 0 aliphatic rings. The average Bonchev–Trinajstić information content (AvgIpc) is 2.52. The average molecular weight is 287 g/mol. The fraction of sp³-hybridized carbons (Fsp3) is 0.471. The van der Waals surface area contributed by atoms with Gasteiger partial charge in [-0.1, -0.05) is 31.5 Å². The molecule has 0 saturated heterocycles. The van der Waals surface area contributed by atoms with Gasteiger partial charge in [0.05, 0.1) is 17.7 Å². The van der Waals surface area contributed by atoms with Crippen molar-refractivity contribution in [2.45, 2.75) is 45.3 Å². The van der Waals surface area contributed by atoms with Crippen LogP contribution in [-0.2, 0) is 11.2 Å². The van der Waals surface area contributed by atoms with E-state index in [4.69, 9.17) is 10.6 Å². The van der Waals surface area contributed by atoms with Crippen molar-refractivity contribution in [1.82, 2.24) is 10.4 Å². The second kappa shape index (κ2) is 8.08. The first-order chi connectivity index (χ1) is 10.3. The molecule has 0 amide bonds. The zero-order valence-corrected chi connectivity index (χ0v) is 12.9. The molecule has 1 aromatic heterocycles. The molecule has 0 bridgehead atoms. The molecule has 0 fully saturated rings. The van der Waals surface area contributed by atoms with Gasteiger partial charge in [0.15, 0.2) is 0 Å². The summed E-state index contributed by atoms with van der Waals surface area (Å²) in [7, 11) is 0. The van der Waals surface area contributed by atoms with Crippen molar-refractivity contribution in [3.05, 3.63) is 42.1 Å². The number of pyridine rings is 1. The third kappa shape index (κ3) is 4.00. The topological polar surface area (TPSA) is 60.2 Å². The van der Waals surface area contributed by atoms with Crippen LogP contribution >= 0.6 is 0 Å². The molecule has 0 radical (unpaired) electrons. The van der Waals surface area contributed by atoms with Crippen LogP contribution in [0.4, 0.5) is 0 Å². The maximum absolute atomic E-state index is 5.86. The van der Waals surface area contributed by atoms with Gasteiger partial charge in [-0.05, 0) is 37.5 Å². The number of hydrazine groups is 1. The van der Waals surface area contributed by atoms with Gasteiger partial charge in [0.1, 0.15) is 0 Å². The molecular weight excluding hydrogens is 262 g/mol. The minimum atomic E-state index is 0.107. The lowest BCUT2D eigenvalue weighted by atomic mass is 9.96. The predicted molar refractivity (Wildman–Crippen MR) is 86.9 cm³/mol. The number of benzene rings is 1. The molecule has 0 spiro atoms. The molecule has 0 aliphatic heterocycles. The van der Waals surface area contributed by atoms with Crippen LogP contribution in [0.2, 0.25) is 0 Å². The first-order valence-corrected chi connectivity index (χ1v) is 7.70. The summed E-state index contributed by atoms with van der Waals surface area (Å²) >= 11 is 0. The third-order valence-corrected chi connectivity index (χ3v) is 3.80. The van der Waals surface area contributed by atoms with E-state index in [0.717, 1.165) is 24.8 Å². The van der Waals surface area contributed by atoms with E-state index < -0.39 is 0 Å². The van der Waals surface area contributed by atoms with E-state index >= 15 is 0 Å². The quantitative estimate of drug-likeness (QED) is 0.579. The first kappa shape index (κ1) is 15.9. The van der Waals surface area contributed by atoms with Crippen LogP contribution in [0, 0.1) is 0 Å². The lowest BCUT2D eigenvalue weighted by Crippen LogP contribution is -2.46. The Labute approximate surface area is 126 Å². The summed E-state index contributed by atoms with van der Waals surface area (Å²) in [5.74, 6) is 5.78. The van der Waals surface area contributed by atoms with E-state index in [0.29, 0.717) is 6.61 Å². The Morgan fingerprint density at radius 2 is 2.05 bits per heavy atom. The van der Waals surface area contributed by atoms with Crippen LogP contribution in [0.3, 0.4) is 0 Å². The summed E-state index contributed by atoms with van der Waals surface area (Å²) in [5.41, 5.74) is 5.22. The number of fused-ring (bicyclic) bond motifs is 1. The number of nitrogens with one attached hydrogen (secondary N) is 1. The van der Waals surface area contributed by atoms with E-state index in [9.17, 15) is 0 Å². The summed E-state index contributed by atoms with van der Waals surface area (Å²) in [6.07, 6.45) is 4.92. The van der Waals surface area contributed by atoms with Gasteiger partial charge >= 0.3 is 0 Å². The van der Waals surface area contributed by atoms with Crippen molar-refractivity contribution < 1.29 is 4.74 Å². The zero-order valence-electron chi connectivity index (χ0n) is 12.9. The minimum Gasteiger partial charge on any atom is -0.377 e. The monoisotopic (exact) mass is 287 g/mol. The number of ether oxygens (including phenoxy) is 1. The smallest absolute Gasteiger partial charge is 0.0744 e. The lowest BCUT2D eigenvalue weighted by molar-refractivity contribution is 0.0282. The molecule has 1 heterocycles. The Morgan fingerprint density at radius 1 is 1.24 bits per heavy atom. The molecule has 2 aromatic rings. The van der Waals surface area contributed by atoms with Crippen LogP contribution in [0.5, 0.6) is 0 Å². The molecule has 2 rings (SSSR count). The second-order valence-electron chi connectivity index (χ2n) is 5.25. The summed E-state index contributed by atoms with van der Waals surface area (Å²) in [6.45, 7) is 4.90. The van der Waals surface area contributed by atoms with E-state index in [-0.39, 0.29) is 12.1 Å². The van der Waals surface area contributed by atoms with E-state index in [1.165, 1.54) is 10.9 Å². The predicted octanol–water partition coefficient (Wildman–Crippen LogP) is 2.81. The van der Waals surface area contributed by atoms with Crippen molar-refractivity contribution in [3.63, 3.8) is 0 Å². The molecule has 2 atom stereocenters. The minimum absolute atomic E-state index is 0.107. The Hall–Kier alpha value is -1.49. The maximum Gasteiger partial charge on any atom is 0.0744 e. The van der Waals surface area contributed by atoms with Gasteiger partial charge in [-0.15, -0.1) is 0 Å². The van der Waals surface area contributed by atoms with Gasteiger partial charge in [0.25, 0.3) is 0 Å². The van der Waals surface area contributed by atoms with Crippen molar-refractivity contribution in [2.24, 2.45) is 5.84 Å². The maximum atomic E-state index is 5.86. The van der Waals surface area contributed by atoms with Crippen molar-refractivity contribution in [3.8, 4) is 0 Å². The largest absolute Gasteiger partial charge is 0.377 e. The number of rotatable bonds is 8. The molecule has 2 unspecified atom stereocenters. The highest BCUT2D eigenvalue weighted by Gasteiger charge is 2.21. The Kier molecular flexibility index (Phi) is 6.11. The molecule has 114 valence electrons. The van der Waals surface area contributed by atoms with Crippen molar-refractivity contribution in [1.29, 1.82) is 0 Å². The van der Waals surface area contributed by atoms with Gasteiger partial charge in [-0.2, -0.15) is 0 Å². The van der Waals surface area contributed by atoms with Crippen molar-refractivity contribution in [2.75, 3.05) is 6.61 Å². The summed E-state index contributed by atoms with van der Waals surface area (Å²) < 4.78 is 5.86. The first-order valence-electron chi connectivity index (χ1n) is 7.70. The zero-order chi connectivity index (χ0) is 15.1. The van der Waals surface area contributed by atoms with Gasteiger partial charge in [0, 0.05) is 18.2 Å². The van der Waals surface area contributed by atoms with Crippen LogP contribution < -0.4 is 11.3 Å². The molecule has 21 heavy (non-hydrogen) atoms. The molecule has 4 heteroatoms.